The SMILES string of the molecule is O=C(NCCCOc1cccc2cccnc12)c1ccc[nH]c1=O. The lowest BCUT2D eigenvalue weighted by Gasteiger charge is -2.09. The van der Waals surface area contributed by atoms with Crippen molar-refractivity contribution in [3.05, 3.63) is 70.8 Å². The van der Waals surface area contributed by atoms with Crippen LogP contribution in [-0.2, 0) is 0 Å². The zero-order chi connectivity index (χ0) is 16.8. The maximum Gasteiger partial charge on any atom is 0.260 e. The fourth-order valence-electron chi connectivity index (χ4n) is 2.34. The molecule has 0 aliphatic carbocycles. The van der Waals surface area contributed by atoms with Gasteiger partial charge >= 0.3 is 0 Å². The second kappa shape index (κ2) is 7.41. The molecule has 3 rings (SSSR count). The monoisotopic (exact) mass is 323 g/mol. The number of carbonyl (C=O) groups is 1. The normalized spacial score (nSPS) is 10.5. The number of ether oxygens (including phenoxy) is 1. The molecule has 0 unspecified atom stereocenters. The van der Waals surface area contributed by atoms with Crippen LogP contribution in [0.25, 0.3) is 10.9 Å². The summed E-state index contributed by atoms with van der Waals surface area (Å²) in [4.78, 5) is 30.2. The Kier molecular flexibility index (Phi) is 4.86. The number of para-hydroxylation sites is 1. The number of hydrogen-bond donors (Lipinski definition) is 2. The van der Waals surface area contributed by atoms with Crippen LogP contribution in [0.2, 0.25) is 0 Å². The third kappa shape index (κ3) is 3.60. The Morgan fingerprint density at radius 3 is 2.92 bits per heavy atom. The molecule has 6 nitrogen and oxygen atoms in total. The van der Waals surface area contributed by atoms with Crippen molar-refractivity contribution in [3.8, 4) is 5.75 Å². The summed E-state index contributed by atoms with van der Waals surface area (Å²) in [6, 6.07) is 12.7. The Hall–Kier alpha value is -3.15. The van der Waals surface area contributed by atoms with Crippen molar-refractivity contribution < 1.29 is 9.53 Å². The zero-order valence-electron chi connectivity index (χ0n) is 13.0. The van der Waals surface area contributed by atoms with Gasteiger partial charge in [0.1, 0.15) is 16.8 Å². The molecule has 0 aliphatic rings. The van der Waals surface area contributed by atoms with E-state index in [-0.39, 0.29) is 11.5 Å². The smallest absolute Gasteiger partial charge is 0.260 e. The van der Waals surface area contributed by atoms with Crippen molar-refractivity contribution in [3.63, 3.8) is 0 Å². The van der Waals surface area contributed by atoms with E-state index in [9.17, 15) is 9.59 Å². The molecule has 0 spiro atoms. The van der Waals surface area contributed by atoms with Gasteiger partial charge in [0, 0.05) is 24.3 Å². The number of benzene rings is 1. The third-order valence-electron chi connectivity index (χ3n) is 3.52. The van der Waals surface area contributed by atoms with Gasteiger partial charge in [0.2, 0.25) is 0 Å². The first kappa shape index (κ1) is 15.7. The highest BCUT2D eigenvalue weighted by Crippen LogP contribution is 2.22. The van der Waals surface area contributed by atoms with E-state index in [1.165, 1.54) is 12.3 Å². The Balaban J connectivity index is 1.50. The van der Waals surface area contributed by atoms with Crippen molar-refractivity contribution in [2.24, 2.45) is 0 Å². The average Bonchev–Trinajstić information content (AvgIpc) is 2.62. The van der Waals surface area contributed by atoms with Crippen molar-refractivity contribution in [1.29, 1.82) is 0 Å². The van der Waals surface area contributed by atoms with Crippen LogP contribution in [-0.4, -0.2) is 29.0 Å². The van der Waals surface area contributed by atoms with Gasteiger partial charge in [-0.3, -0.25) is 14.6 Å². The maximum absolute atomic E-state index is 11.9. The first-order chi connectivity index (χ1) is 11.8. The molecule has 2 heterocycles. The average molecular weight is 323 g/mol. The van der Waals surface area contributed by atoms with Gasteiger partial charge in [-0.1, -0.05) is 18.2 Å². The lowest BCUT2D eigenvalue weighted by molar-refractivity contribution is 0.0950. The van der Waals surface area contributed by atoms with Gasteiger partial charge in [-0.05, 0) is 30.7 Å². The van der Waals surface area contributed by atoms with E-state index in [1.807, 2.05) is 30.3 Å². The van der Waals surface area contributed by atoms with E-state index in [0.29, 0.717) is 19.6 Å². The molecule has 0 bridgehead atoms. The van der Waals surface area contributed by atoms with Crippen LogP contribution in [0.15, 0.2) is 59.7 Å². The third-order valence-corrected chi connectivity index (χ3v) is 3.52. The van der Waals surface area contributed by atoms with E-state index >= 15 is 0 Å². The van der Waals surface area contributed by atoms with Gasteiger partial charge in [0.25, 0.3) is 11.5 Å². The number of nitrogens with zero attached hydrogens (tertiary/aromatic N) is 1. The molecule has 0 aliphatic heterocycles. The summed E-state index contributed by atoms with van der Waals surface area (Å²) in [5.41, 5.74) is 0.532. The topological polar surface area (TPSA) is 84.1 Å². The molecule has 0 radical (unpaired) electrons. The summed E-state index contributed by atoms with van der Waals surface area (Å²) in [5.74, 6) is 0.336. The van der Waals surface area contributed by atoms with Gasteiger partial charge in [0.05, 0.1) is 6.61 Å². The molecule has 1 aromatic carbocycles. The minimum Gasteiger partial charge on any atom is -0.491 e. The predicted molar refractivity (Wildman–Crippen MR) is 91.3 cm³/mol. The Morgan fingerprint density at radius 1 is 1.17 bits per heavy atom. The molecule has 0 saturated carbocycles. The molecule has 2 aromatic heterocycles. The van der Waals surface area contributed by atoms with Crippen LogP contribution >= 0.6 is 0 Å². The number of fused-ring (bicyclic) bond motifs is 1. The predicted octanol–water partition coefficient (Wildman–Crippen LogP) is 2.12. The summed E-state index contributed by atoms with van der Waals surface area (Å²) in [6.45, 7) is 0.868. The first-order valence-electron chi connectivity index (χ1n) is 7.68. The van der Waals surface area contributed by atoms with Gasteiger partial charge < -0.3 is 15.0 Å². The molecule has 0 saturated heterocycles. The van der Waals surface area contributed by atoms with E-state index in [1.54, 1.807) is 12.3 Å². The highest BCUT2D eigenvalue weighted by atomic mass is 16.5. The lowest BCUT2D eigenvalue weighted by Crippen LogP contribution is -2.30. The van der Waals surface area contributed by atoms with E-state index in [0.717, 1.165) is 16.7 Å². The van der Waals surface area contributed by atoms with Crippen molar-refractivity contribution in [2.45, 2.75) is 6.42 Å². The second-order valence-electron chi connectivity index (χ2n) is 5.20. The van der Waals surface area contributed by atoms with Crippen molar-refractivity contribution in [1.82, 2.24) is 15.3 Å². The summed E-state index contributed by atoms with van der Waals surface area (Å²) >= 11 is 0. The standard InChI is InChI=1S/C18H17N3O3/c22-17-14(7-3-10-20-17)18(23)21-11-4-12-24-15-8-1-5-13-6-2-9-19-16(13)15/h1-3,5-10H,4,11-12H2,(H,20,22)(H,21,23). The number of hydrogen-bond acceptors (Lipinski definition) is 4. The van der Waals surface area contributed by atoms with E-state index < -0.39 is 5.56 Å². The Bertz CT molecular complexity index is 900. The number of H-pyrrole nitrogens is 1. The maximum atomic E-state index is 11.9. The molecule has 1 amide bonds. The number of nitrogens with one attached hydrogen (secondary N) is 2. The number of amides is 1. The van der Waals surface area contributed by atoms with Gasteiger partial charge in [-0.25, -0.2) is 0 Å². The largest absolute Gasteiger partial charge is 0.491 e. The fraction of sp³-hybridized carbons (Fsp3) is 0.167. The molecule has 3 aromatic rings. The van der Waals surface area contributed by atoms with Crippen molar-refractivity contribution in [2.75, 3.05) is 13.2 Å². The van der Waals surface area contributed by atoms with Crippen molar-refractivity contribution >= 4 is 16.8 Å². The van der Waals surface area contributed by atoms with Gasteiger partial charge in [-0.2, -0.15) is 0 Å². The van der Waals surface area contributed by atoms with Crippen LogP contribution in [0.5, 0.6) is 5.75 Å². The van der Waals surface area contributed by atoms with Crippen LogP contribution in [0.3, 0.4) is 0 Å². The molecule has 24 heavy (non-hydrogen) atoms. The first-order valence-corrected chi connectivity index (χ1v) is 7.68. The minimum atomic E-state index is -0.395. The molecular weight excluding hydrogens is 306 g/mol. The number of aromatic nitrogens is 2. The quantitative estimate of drug-likeness (QED) is 0.681. The van der Waals surface area contributed by atoms with Crippen LogP contribution in [0, 0.1) is 0 Å². The lowest BCUT2D eigenvalue weighted by atomic mass is 10.2. The van der Waals surface area contributed by atoms with E-state index in [2.05, 4.69) is 15.3 Å². The highest BCUT2D eigenvalue weighted by molar-refractivity contribution is 5.93. The number of rotatable bonds is 6. The molecular formula is C18H17N3O3. The van der Waals surface area contributed by atoms with Crippen LogP contribution in [0.4, 0.5) is 0 Å². The molecule has 0 fully saturated rings. The van der Waals surface area contributed by atoms with Crippen LogP contribution in [0.1, 0.15) is 16.8 Å². The highest BCUT2D eigenvalue weighted by Gasteiger charge is 2.08. The van der Waals surface area contributed by atoms with E-state index in [4.69, 9.17) is 4.74 Å². The molecule has 6 heteroatoms. The second-order valence-corrected chi connectivity index (χ2v) is 5.20. The minimum absolute atomic E-state index is 0.108. The fourth-order valence-corrected chi connectivity index (χ4v) is 2.34. The zero-order valence-corrected chi connectivity index (χ0v) is 13.0. The summed E-state index contributed by atoms with van der Waals surface area (Å²) in [5, 5.41) is 3.73. The number of carbonyl (C=O) groups excluding carboxylic acids is 1. The molecule has 0 atom stereocenters. The Labute approximate surface area is 138 Å². The summed E-state index contributed by atoms with van der Waals surface area (Å²) in [7, 11) is 0. The summed E-state index contributed by atoms with van der Waals surface area (Å²) in [6.07, 6.45) is 3.84. The number of pyridine rings is 2. The van der Waals surface area contributed by atoms with Gasteiger partial charge in [0.15, 0.2) is 0 Å². The summed E-state index contributed by atoms with van der Waals surface area (Å²) < 4.78 is 5.75. The molecule has 122 valence electrons. The number of aromatic amines is 1. The van der Waals surface area contributed by atoms with Gasteiger partial charge in [-0.15, -0.1) is 0 Å². The molecule has 2 N–H and O–H groups in total. The van der Waals surface area contributed by atoms with Crippen LogP contribution < -0.4 is 15.6 Å². The Morgan fingerprint density at radius 2 is 2.04 bits per heavy atom.